The third kappa shape index (κ3) is 2.55. The molecule has 0 aliphatic rings. The van der Waals surface area contributed by atoms with Crippen LogP contribution in [0.2, 0.25) is 15.1 Å². The average Bonchev–Trinajstić information content (AvgIpc) is 2.18. The van der Waals surface area contributed by atoms with Crippen LogP contribution in [0.25, 0.3) is 0 Å². The van der Waals surface area contributed by atoms with E-state index in [0.29, 0.717) is 0 Å². The number of hydrogen-bond acceptors (Lipinski definition) is 2. The highest BCUT2D eigenvalue weighted by Gasteiger charge is 2.25. The first-order valence-electron chi connectivity index (χ1n) is 3.88. The Bertz CT molecular complexity index is 392. The summed E-state index contributed by atoms with van der Waals surface area (Å²) in [7, 11) is 1.26. The van der Waals surface area contributed by atoms with E-state index in [2.05, 4.69) is 0 Å². The number of hydrogen-bond donors (Lipinski definition) is 1. The van der Waals surface area contributed by atoms with Gasteiger partial charge in [-0.1, -0.05) is 34.8 Å². The van der Waals surface area contributed by atoms with Crippen molar-refractivity contribution in [2.24, 2.45) is 0 Å². The molecule has 6 heteroatoms. The van der Waals surface area contributed by atoms with Gasteiger partial charge in [-0.05, 0) is 12.1 Å². The van der Waals surface area contributed by atoms with Crippen molar-refractivity contribution in [3.05, 3.63) is 32.8 Å². The van der Waals surface area contributed by atoms with Crippen molar-refractivity contribution < 1.29 is 14.6 Å². The van der Waals surface area contributed by atoms with E-state index in [4.69, 9.17) is 44.6 Å². The SMILES string of the molecule is COC(C(=O)O)c1c(Cl)ccc(Cl)c1Cl. The van der Waals surface area contributed by atoms with Gasteiger partial charge in [0.2, 0.25) is 0 Å². The molecule has 0 heterocycles. The van der Waals surface area contributed by atoms with Gasteiger partial charge in [0.15, 0.2) is 6.10 Å². The van der Waals surface area contributed by atoms with Gasteiger partial charge in [0.05, 0.1) is 10.0 Å². The minimum Gasteiger partial charge on any atom is -0.479 e. The number of carboxylic acid groups (broad SMARTS) is 1. The Balaban J connectivity index is 3.34. The van der Waals surface area contributed by atoms with Gasteiger partial charge in [0.25, 0.3) is 0 Å². The quantitative estimate of drug-likeness (QED) is 0.855. The molecular weight excluding hydrogens is 262 g/mol. The van der Waals surface area contributed by atoms with Crippen molar-refractivity contribution in [2.75, 3.05) is 7.11 Å². The van der Waals surface area contributed by atoms with Crippen LogP contribution >= 0.6 is 34.8 Å². The highest BCUT2D eigenvalue weighted by Crippen LogP contribution is 2.36. The van der Waals surface area contributed by atoms with Gasteiger partial charge in [-0.25, -0.2) is 4.79 Å². The monoisotopic (exact) mass is 268 g/mol. The smallest absolute Gasteiger partial charge is 0.337 e. The Morgan fingerprint density at radius 2 is 1.87 bits per heavy atom. The average molecular weight is 270 g/mol. The summed E-state index contributed by atoms with van der Waals surface area (Å²) in [5.74, 6) is -1.18. The van der Waals surface area contributed by atoms with Crippen LogP contribution in [0.5, 0.6) is 0 Å². The molecule has 0 aromatic heterocycles. The molecule has 0 aliphatic heterocycles. The molecule has 1 unspecified atom stereocenters. The molecule has 0 aliphatic carbocycles. The number of carboxylic acids is 1. The number of halogens is 3. The number of ether oxygens (including phenoxy) is 1. The highest BCUT2D eigenvalue weighted by atomic mass is 35.5. The van der Waals surface area contributed by atoms with E-state index in [1.54, 1.807) is 0 Å². The lowest BCUT2D eigenvalue weighted by atomic mass is 10.1. The summed E-state index contributed by atoms with van der Waals surface area (Å²) in [5, 5.41) is 9.42. The Morgan fingerprint density at radius 3 is 2.33 bits per heavy atom. The number of aliphatic carboxylic acids is 1. The zero-order valence-electron chi connectivity index (χ0n) is 7.63. The molecule has 0 amide bonds. The normalized spacial score (nSPS) is 12.5. The molecule has 0 saturated heterocycles. The van der Waals surface area contributed by atoms with E-state index in [0.717, 1.165) is 0 Å². The number of rotatable bonds is 3. The van der Waals surface area contributed by atoms with Gasteiger partial charge < -0.3 is 9.84 Å². The summed E-state index contributed by atoms with van der Waals surface area (Å²) >= 11 is 17.4. The second-order valence-electron chi connectivity index (χ2n) is 2.71. The van der Waals surface area contributed by atoms with Gasteiger partial charge in [-0.15, -0.1) is 0 Å². The van der Waals surface area contributed by atoms with Crippen molar-refractivity contribution >= 4 is 40.8 Å². The lowest BCUT2D eigenvalue weighted by Crippen LogP contribution is -2.14. The second-order valence-corrected chi connectivity index (χ2v) is 3.90. The molecule has 1 aromatic carbocycles. The van der Waals surface area contributed by atoms with Crippen molar-refractivity contribution in [1.29, 1.82) is 0 Å². The molecule has 1 aromatic rings. The van der Waals surface area contributed by atoms with E-state index < -0.39 is 12.1 Å². The van der Waals surface area contributed by atoms with Crippen LogP contribution in [0.15, 0.2) is 12.1 Å². The Morgan fingerprint density at radius 1 is 1.33 bits per heavy atom. The maximum atomic E-state index is 10.9. The molecule has 0 radical (unpaired) electrons. The first kappa shape index (κ1) is 12.6. The van der Waals surface area contributed by atoms with Gasteiger partial charge in [0.1, 0.15) is 0 Å². The molecule has 0 saturated carbocycles. The first-order valence-corrected chi connectivity index (χ1v) is 5.01. The van der Waals surface area contributed by atoms with Crippen molar-refractivity contribution in [2.45, 2.75) is 6.10 Å². The topological polar surface area (TPSA) is 46.5 Å². The van der Waals surface area contributed by atoms with E-state index in [1.165, 1.54) is 19.2 Å². The largest absolute Gasteiger partial charge is 0.479 e. The van der Waals surface area contributed by atoms with Gasteiger partial charge in [0, 0.05) is 17.7 Å². The van der Waals surface area contributed by atoms with E-state index >= 15 is 0 Å². The minimum absolute atomic E-state index is 0.0958. The van der Waals surface area contributed by atoms with Crippen molar-refractivity contribution in [3.8, 4) is 0 Å². The first-order chi connectivity index (χ1) is 6.99. The van der Waals surface area contributed by atoms with Crippen LogP contribution in [-0.2, 0) is 9.53 Å². The molecule has 1 rings (SSSR count). The molecule has 1 atom stereocenters. The van der Waals surface area contributed by atoms with Crippen LogP contribution in [0, 0.1) is 0 Å². The molecule has 0 fully saturated rings. The summed E-state index contributed by atoms with van der Waals surface area (Å²) in [6, 6.07) is 2.96. The maximum absolute atomic E-state index is 10.9. The molecular formula is C9H7Cl3O3. The van der Waals surface area contributed by atoms with E-state index in [9.17, 15) is 4.79 Å². The number of benzene rings is 1. The fourth-order valence-corrected chi connectivity index (χ4v) is 1.86. The van der Waals surface area contributed by atoms with Crippen LogP contribution in [0.4, 0.5) is 0 Å². The molecule has 3 nitrogen and oxygen atoms in total. The lowest BCUT2D eigenvalue weighted by molar-refractivity contribution is -0.148. The lowest BCUT2D eigenvalue weighted by Gasteiger charge is -2.14. The fourth-order valence-electron chi connectivity index (χ4n) is 1.13. The minimum atomic E-state index is -1.22. The Kier molecular flexibility index (Phi) is 4.22. The van der Waals surface area contributed by atoms with Crippen molar-refractivity contribution in [3.63, 3.8) is 0 Å². The van der Waals surface area contributed by atoms with Crippen LogP contribution < -0.4 is 0 Å². The summed E-state index contributed by atoms with van der Waals surface area (Å²) in [6.07, 6.45) is -1.22. The van der Waals surface area contributed by atoms with E-state index in [-0.39, 0.29) is 20.6 Å². The standard InChI is InChI=1S/C9H7Cl3O3/c1-15-8(9(13)14)6-4(10)2-3-5(11)7(6)12/h2-3,8H,1H3,(H,13,14). The summed E-state index contributed by atoms with van der Waals surface area (Å²) < 4.78 is 4.79. The van der Waals surface area contributed by atoms with E-state index in [1.807, 2.05) is 0 Å². The molecule has 82 valence electrons. The third-order valence-corrected chi connectivity index (χ3v) is 2.95. The number of methoxy groups -OCH3 is 1. The predicted octanol–water partition coefficient (Wildman–Crippen LogP) is 3.42. The summed E-state index contributed by atoms with van der Waals surface area (Å²) in [4.78, 5) is 10.9. The summed E-state index contributed by atoms with van der Waals surface area (Å²) in [5.41, 5.74) is 0.167. The summed E-state index contributed by atoms with van der Waals surface area (Å²) in [6.45, 7) is 0. The maximum Gasteiger partial charge on any atom is 0.337 e. The van der Waals surface area contributed by atoms with Crippen LogP contribution in [0.3, 0.4) is 0 Å². The Labute approximate surface area is 102 Å². The van der Waals surface area contributed by atoms with Crippen LogP contribution in [-0.4, -0.2) is 18.2 Å². The van der Waals surface area contributed by atoms with Gasteiger partial charge >= 0.3 is 5.97 Å². The van der Waals surface area contributed by atoms with Gasteiger partial charge in [-0.2, -0.15) is 0 Å². The third-order valence-electron chi connectivity index (χ3n) is 1.80. The van der Waals surface area contributed by atoms with Gasteiger partial charge in [-0.3, -0.25) is 0 Å². The number of carbonyl (C=O) groups is 1. The Hall–Kier alpha value is -0.480. The van der Waals surface area contributed by atoms with Crippen LogP contribution in [0.1, 0.15) is 11.7 Å². The fraction of sp³-hybridized carbons (Fsp3) is 0.222. The second kappa shape index (κ2) is 5.03. The highest BCUT2D eigenvalue weighted by molar-refractivity contribution is 6.44. The zero-order valence-corrected chi connectivity index (χ0v) is 9.90. The predicted molar refractivity (Wildman–Crippen MR) is 58.9 cm³/mol. The van der Waals surface area contributed by atoms with Crippen molar-refractivity contribution in [1.82, 2.24) is 0 Å². The molecule has 0 bridgehead atoms. The molecule has 1 N–H and O–H groups in total. The molecule has 15 heavy (non-hydrogen) atoms. The molecule has 0 spiro atoms. The zero-order chi connectivity index (χ0) is 11.6.